The molecule has 4 heterocycles. The van der Waals surface area contributed by atoms with Gasteiger partial charge in [-0.1, -0.05) is 72.8 Å². The normalized spacial score (nSPS) is 11.5. The minimum atomic E-state index is 0.701. The molecular weight excluding hydrogens is 520 g/mol. The summed E-state index contributed by atoms with van der Waals surface area (Å²) in [4.78, 5) is 9.68. The molecule has 0 N–H and O–H groups in total. The molecule has 0 radical (unpaired) electrons. The Morgan fingerprint density at radius 2 is 0.881 bits per heavy atom. The van der Waals surface area contributed by atoms with E-state index in [-0.39, 0.29) is 0 Å². The van der Waals surface area contributed by atoms with Gasteiger partial charge in [0.25, 0.3) is 0 Å². The Hall–Kier alpha value is -5.76. The summed E-state index contributed by atoms with van der Waals surface area (Å²) in [5.74, 6) is 1.62. The highest BCUT2D eigenvalue weighted by molar-refractivity contribution is 5.78. The van der Waals surface area contributed by atoms with Crippen LogP contribution in [0.2, 0.25) is 0 Å². The highest BCUT2D eigenvalue weighted by Gasteiger charge is 2.14. The number of nitrogens with zero attached hydrogens (tertiary/aromatic N) is 8. The Labute approximate surface area is 241 Å². The average molecular weight is 547 g/mol. The quantitative estimate of drug-likeness (QED) is 0.228. The third-order valence-electron chi connectivity index (χ3n) is 7.61. The first-order valence-electron chi connectivity index (χ1n) is 13.9. The monoisotopic (exact) mass is 546 g/mol. The summed E-state index contributed by atoms with van der Waals surface area (Å²) in [7, 11) is 0. The third-order valence-corrected chi connectivity index (χ3v) is 7.61. The van der Waals surface area contributed by atoms with Gasteiger partial charge in [0.1, 0.15) is 0 Å². The van der Waals surface area contributed by atoms with Gasteiger partial charge in [-0.15, -0.1) is 0 Å². The van der Waals surface area contributed by atoms with E-state index in [1.54, 1.807) is 12.4 Å². The highest BCUT2D eigenvalue weighted by atomic mass is 15.4. The predicted molar refractivity (Wildman–Crippen MR) is 164 cm³/mol. The lowest BCUT2D eigenvalue weighted by Gasteiger charge is -2.11. The van der Waals surface area contributed by atoms with Crippen LogP contribution in [-0.4, -0.2) is 38.7 Å². The Morgan fingerprint density at radius 3 is 1.29 bits per heavy atom. The maximum absolute atomic E-state index is 4.84. The van der Waals surface area contributed by atoms with Crippen molar-refractivity contribution in [3.63, 3.8) is 0 Å². The number of benzene rings is 4. The van der Waals surface area contributed by atoms with Gasteiger partial charge in [-0.2, -0.15) is 10.2 Å². The van der Waals surface area contributed by atoms with E-state index < -0.39 is 0 Å². The van der Waals surface area contributed by atoms with Crippen molar-refractivity contribution in [2.75, 3.05) is 0 Å². The lowest BCUT2D eigenvalue weighted by Crippen LogP contribution is -2.08. The van der Waals surface area contributed by atoms with Gasteiger partial charge in [0.05, 0.1) is 35.2 Å². The number of fused-ring (bicyclic) bond motifs is 2. The molecule has 4 aromatic heterocycles. The van der Waals surface area contributed by atoms with Crippen LogP contribution < -0.4 is 0 Å². The lowest BCUT2D eigenvalue weighted by atomic mass is 10.0. The Kier molecular flexibility index (Phi) is 5.74. The van der Waals surface area contributed by atoms with Crippen molar-refractivity contribution in [2.24, 2.45) is 0 Å². The van der Waals surface area contributed by atoms with Crippen LogP contribution in [0.5, 0.6) is 0 Å². The van der Waals surface area contributed by atoms with Gasteiger partial charge >= 0.3 is 0 Å². The van der Waals surface area contributed by atoms with Crippen LogP contribution in [0.4, 0.5) is 0 Å². The maximum atomic E-state index is 4.84. The standard InChI is InChI=1S/C34H26N8/c1-3-9-31-29(7-1)37-33(41-21-5-19-35-41)39(31)23-25-11-15-27(16-12-25)28-17-13-26(14-18-28)24-40-32-10-4-2-8-30(32)38-34(40)42-22-6-20-36-42/h1-22H,23-24H2. The third kappa shape index (κ3) is 4.26. The number of imidazole rings is 2. The van der Waals surface area contributed by atoms with Crippen molar-refractivity contribution in [1.29, 1.82) is 0 Å². The summed E-state index contributed by atoms with van der Waals surface area (Å²) in [5, 5.41) is 8.85. The van der Waals surface area contributed by atoms with Crippen LogP contribution in [0.1, 0.15) is 11.1 Å². The van der Waals surface area contributed by atoms with Crippen LogP contribution in [0, 0.1) is 0 Å². The molecule has 8 heteroatoms. The second kappa shape index (κ2) is 10.0. The van der Waals surface area contributed by atoms with Gasteiger partial charge in [0, 0.05) is 24.8 Å². The molecule has 8 nitrogen and oxygen atoms in total. The SMILES string of the molecule is c1ccc2c(c1)nc(-n1cccn1)n2Cc1ccc(-c2ccc(Cn3c(-n4cccn4)nc4ccccc43)cc2)cc1. The first-order valence-corrected chi connectivity index (χ1v) is 13.9. The molecule has 0 aliphatic heterocycles. The summed E-state index contributed by atoms with van der Waals surface area (Å²) in [6.07, 6.45) is 7.41. The zero-order valence-electron chi connectivity index (χ0n) is 22.7. The molecule has 42 heavy (non-hydrogen) atoms. The number of rotatable bonds is 7. The van der Waals surface area contributed by atoms with Gasteiger partial charge in [-0.25, -0.2) is 19.3 Å². The molecule has 0 aliphatic carbocycles. The number of hydrogen-bond acceptors (Lipinski definition) is 4. The summed E-state index contributed by atoms with van der Waals surface area (Å²) < 4.78 is 8.06. The molecule has 0 saturated heterocycles. The zero-order valence-corrected chi connectivity index (χ0v) is 22.7. The largest absolute Gasteiger partial charge is 0.304 e. The van der Waals surface area contributed by atoms with Gasteiger partial charge in [-0.3, -0.25) is 0 Å². The van der Waals surface area contributed by atoms with E-state index in [2.05, 4.69) is 80.0 Å². The Bertz CT molecular complexity index is 1960. The number of hydrogen-bond donors (Lipinski definition) is 0. The molecule has 0 aliphatic rings. The Balaban J connectivity index is 1.05. The van der Waals surface area contributed by atoms with Gasteiger partial charge in [0.15, 0.2) is 0 Å². The molecular formula is C34H26N8. The average Bonchev–Trinajstić information content (AvgIpc) is 3.85. The zero-order chi connectivity index (χ0) is 27.9. The maximum Gasteiger partial charge on any atom is 0.232 e. The van der Waals surface area contributed by atoms with Gasteiger partial charge in [-0.05, 0) is 58.7 Å². The summed E-state index contributed by atoms with van der Waals surface area (Å²) in [6.45, 7) is 1.40. The van der Waals surface area contributed by atoms with Crippen molar-refractivity contribution >= 4 is 22.1 Å². The molecule has 0 spiro atoms. The van der Waals surface area contributed by atoms with Crippen LogP contribution >= 0.6 is 0 Å². The second-order valence-corrected chi connectivity index (χ2v) is 10.3. The van der Waals surface area contributed by atoms with Crippen molar-refractivity contribution in [3.05, 3.63) is 145 Å². The Morgan fingerprint density at radius 1 is 0.452 bits per heavy atom. The topological polar surface area (TPSA) is 71.3 Å². The van der Waals surface area contributed by atoms with Crippen molar-refractivity contribution < 1.29 is 0 Å². The van der Waals surface area contributed by atoms with Crippen molar-refractivity contribution in [1.82, 2.24) is 38.7 Å². The fourth-order valence-corrected chi connectivity index (χ4v) is 5.53. The molecule has 0 unspecified atom stereocenters. The predicted octanol–water partition coefficient (Wildman–Crippen LogP) is 6.52. The van der Waals surface area contributed by atoms with E-state index in [0.717, 1.165) is 34.0 Å². The molecule has 202 valence electrons. The van der Waals surface area contributed by atoms with Crippen LogP contribution in [0.3, 0.4) is 0 Å². The highest BCUT2D eigenvalue weighted by Crippen LogP contribution is 2.25. The van der Waals surface area contributed by atoms with E-state index in [1.807, 2.05) is 70.3 Å². The summed E-state index contributed by atoms with van der Waals surface area (Å²) in [6, 6.07) is 37.8. The van der Waals surface area contributed by atoms with E-state index in [1.165, 1.54) is 22.3 Å². The van der Waals surface area contributed by atoms with E-state index >= 15 is 0 Å². The minimum absolute atomic E-state index is 0.701. The molecule has 0 saturated carbocycles. The first kappa shape index (κ1) is 24.1. The molecule has 8 rings (SSSR count). The lowest BCUT2D eigenvalue weighted by molar-refractivity contribution is 0.719. The molecule has 8 aromatic rings. The number of para-hydroxylation sites is 4. The van der Waals surface area contributed by atoms with E-state index in [9.17, 15) is 0 Å². The molecule has 0 fully saturated rings. The molecule has 0 amide bonds. The smallest absolute Gasteiger partial charge is 0.232 e. The molecule has 4 aromatic carbocycles. The van der Waals surface area contributed by atoms with Crippen molar-refractivity contribution in [3.8, 4) is 23.0 Å². The molecule has 0 atom stereocenters. The van der Waals surface area contributed by atoms with Gasteiger partial charge < -0.3 is 9.13 Å². The minimum Gasteiger partial charge on any atom is -0.304 e. The molecule has 0 bridgehead atoms. The van der Waals surface area contributed by atoms with Crippen LogP contribution in [0.25, 0.3) is 45.1 Å². The fraction of sp³-hybridized carbons (Fsp3) is 0.0588. The summed E-state index contributed by atoms with van der Waals surface area (Å²) >= 11 is 0. The first-order chi connectivity index (χ1) is 20.8. The van der Waals surface area contributed by atoms with Crippen molar-refractivity contribution in [2.45, 2.75) is 13.1 Å². The second-order valence-electron chi connectivity index (χ2n) is 10.3. The van der Waals surface area contributed by atoms with E-state index in [4.69, 9.17) is 9.97 Å². The van der Waals surface area contributed by atoms with Crippen LogP contribution in [0.15, 0.2) is 134 Å². The van der Waals surface area contributed by atoms with E-state index in [0.29, 0.717) is 13.1 Å². The van der Waals surface area contributed by atoms with Gasteiger partial charge in [0.2, 0.25) is 11.9 Å². The fourth-order valence-electron chi connectivity index (χ4n) is 5.53. The number of aromatic nitrogens is 8. The van der Waals surface area contributed by atoms with Crippen LogP contribution in [-0.2, 0) is 13.1 Å². The summed E-state index contributed by atoms with van der Waals surface area (Å²) in [5.41, 5.74) is 8.85.